The maximum Gasteiger partial charge on any atom is 0.278 e. The van der Waals surface area contributed by atoms with Crippen molar-refractivity contribution in [2.75, 3.05) is 4.90 Å². The highest BCUT2D eigenvalue weighted by Crippen LogP contribution is 2.38. The minimum Gasteiger partial charge on any atom is -0.351 e. The smallest absolute Gasteiger partial charge is 0.278 e. The summed E-state index contributed by atoms with van der Waals surface area (Å²) < 4.78 is 41.3. The Bertz CT molecular complexity index is 949. The van der Waals surface area contributed by atoms with Crippen LogP contribution in [0.4, 0.5) is 18.9 Å². The van der Waals surface area contributed by atoms with Crippen molar-refractivity contribution in [3.05, 3.63) is 48.5 Å². The molecule has 1 saturated carbocycles. The number of rotatable bonds is 6. The van der Waals surface area contributed by atoms with E-state index in [1.54, 1.807) is 12.1 Å². The summed E-state index contributed by atoms with van der Waals surface area (Å²) in [5.41, 5.74) is -4.03. The molecule has 1 aliphatic carbocycles. The lowest BCUT2D eigenvalue weighted by Gasteiger charge is -2.40. The van der Waals surface area contributed by atoms with Gasteiger partial charge in [-0.25, -0.2) is 23.1 Å². The number of carbonyl (C=O) groups excluding carboxylic acids is 2. The molecule has 1 N–H and O–H groups in total. The van der Waals surface area contributed by atoms with Gasteiger partial charge in [0.05, 0.1) is 0 Å². The summed E-state index contributed by atoms with van der Waals surface area (Å²) >= 11 is 9.67. The number of amides is 2. The molecule has 0 unspecified atom stereocenters. The van der Waals surface area contributed by atoms with Crippen molar-refractivity contribution in [2.24, 2.45) is 0 Å². The quantitative estimate of drug-likeness (QED) is 0.494. The number of hydrogen-bond donors (Lipinski definition) is 2. The minimum atomic E-state index is -2.89. The highest BCUT2D eigenvalue weighted by molar-refractivity contribution is 7.80. The van der Waals surface area contributed by atoms with Crippen LogP contribution in [0.25, 0.3) is 0 Å². The van der Waals surface area contributed by atoms with Crippen molar-refractivity contribution < 1.29 is 22.8 Å². The van der Waals surface area contributed by atoms with Crippen LogP contribution < -0.4 is 10.2 Å². The van der Waals surface area contributed by atoms with Gasteiger partial charge in [0.15, 0.2) is 5.54 Å². The standard InChI is InChI=1S/C20H20ClF3N4O2S/c1-19(12-9-25-11-26-10-12,18(30)27-13-6-7-20(23,24)8-13)28(17(29)16(21)22)14-2-4-15(31)5-3-14/h2-5,9-11,13,16,31H,6-8H2,1H3,(H,27,30)/t13-,16+,19+/m1/s1. The van der Waals surface area contributed by atoms with Gasteiger partial charge in [-0.2, -0.15) is 0 Å². The van der Waals surface area contributed by atoms with E-state index in [9.17, 15) is 22.8 Å². The molecular weight excluding hydrogens is 453 g/mol. The molecule has 0 aliphatic heterocycles. The molecule has 1 fully saturated rings. The fourth-order valence-electron chi connectivity index (χ4n) is 3.62. The van der Waals surface area contributed by atoms with Gasteiger partial charge in [0.1, 0.15) is 6.33 Å². The molecule has 3 atom stereocenters. The van der Waals surface area contributed by atoms with Crippen LogP contribution >= 0.6 is 24.2 Å². The van der Waals surface area contributed by atoms with Crippen LogP contribution in [0.2, 0.25) is 0 Å². The molecule has 1 heterocycles. The summed E-state index contributed by atoms with van der Waals surface area (Å²) in [6, 6.07) is 5.24. The van der Waals surface area contributed by atoms with Crippen LogP contribution in [0.15, 0.2) is 47.9 Å². The normalized spacial score (nSPS) is 20.5. The van der Waals surface area contributed by atoms with E-state index in [1.165, 1.54) is 37.8 Å². The van der Waals surface area contributed by atoms with Gasteiger partial charge in [-0.15, -0.1) is 12.6 Å². The predicted octanol–water partition coefficient (Wildman–Crippen LogP) is 3.85. The lowest BCUT2D eigenvalue weighted by Crippen LogP contribution is -2.59. The number of benzene rings is 1. The van der Waals surface area contributed by atoms with E-state index in [-0.39, 0.29) is 24.1 Å². The van der Waals surface area contributed by atoms with Gasteiger partial charge in [-0.05, 0) is 37.6 Å². The molecule has 1 aromatic heterocycles. The molecule has 11 heteroatoms. The Morgan fingerprint density at radius 2 is 1.90 bits per heavy atom. The van der Waals surface area contributed by atoms with Crippen molar-refractivity contribution in [3.63, 3.8) is 0 Å². The summed E-state index contributed by atoms with van der Waals surface area (Å²) in [7, 11) is 0. The summed E-state index contributed by atoms with van der Waals surface area (Å²) in [4.78, 5) is 35.6. The Kier molecular flexibility index (Phi) is 6.80. The van der Waals surface area contributed by atoms with Gasteiger partial charge in [0.25, 0.3) is 17.4 Å². The molecule has 166 valence electrons. The average Bonchev–Trinajstić information content (AvgIpc) is 3.08. The lowest BCUT2D eigenvalue weighted by atomic mass is 9.89. The van der Waals surface area contributed by atoms with Crippen LogP contribution in [0.1, 0.15) is 31.7 Å². The van der Waals surface area contributed by atoms with Gasteiger partial charge in [0.2, 0.25) is 5.92 Å². The van der Waals surface area contributed by atoms with E-state index in [4.69, 9.17) is 11.6 Å². The maximum absolute atomic E-state index is 14.0. The number of aromatic nitrogens is 2. The molecule has 2 amide bonds. The fourth-order valence-corrected chi connectivity index (χ4v) is 3.86. The van der Waals surface area contributed by atoms with Crippen LogP contribution in [0, 0.1) is 0 Å². The lowest BCUT2D eigenvalue weighted by molar-refractivity contribution is -0.131. The monoisotopic (exact) mass is 472 g/mol. The molecule has 31 heavy (non-hydrogen) atoms. The van der Waals surface area contributed by atoms with Crippen molar-refractivity contribution in [2.45, 2.75) is 54.2 Å². The molecule has 0 spiro atoms. The second kappa shape index (κ2) is 9.04. The maximum atomic E-state index is 14.0. The van der Waals surface area contributed by atoms with Crippen molar-refractivity contribution in [3.8, 4) is 0 Å². The predicted molar refractivity (Wildman–Crippen MR) is 112 cm³/mol. The Morgan fingerprint density at radius 1 is 1.29 bits per heavy atom. The molecule has 0 saturated heterocycles. The first-order valence-electron chi connectivity index (χ1n) is 9.40. The molecule has 1 aromatic carbocycles. The first-order chi connectivity index (χ1) is 14.5. The number of hydrogen-bond acceptors (Lipinski definition) is 5. The zero-order valence-corrected chi connectivity index (χ0v) is 18.1. The average molecular weight is 473 g/mol. The van der Waals surface area contributed by atoms with Crippen molar-refractivity contribution in [1.29, 1.82) is 0 Å². The number of halogens is 4. The van der Waals surface area contributed by atoms with E-state index in [0.29, 0.717) is 4.90 Å². The van der Waals surface area contributed by atoms with Crippen LogP contribution in [0.5, 0.6) is 0 Å². The third-order valence-electron chi connectivity index (χ3n) is 5.27. The van der Waals surface area contributed by atoms with Crippen LogP contribution in [-0.2, 0) is 15.1 Å². The zero-order chi connectivity index (χ0) is 22.8. The van der Waals surface area contributed by atoms with E-state index in [1.807, 2.05) is 0 Å². The molecule has 6 nitrogen and oxygen atoms in total. The van der Waals surface area contributed by atoms with Gasteiger partial charge in [-0.1, -0.05) is 11.6 Å². The van der Waals surface area contributed by atoms with Gasteiger partial charge in [0, 0.05) is 47.4 Å². The van der Waals surface area contributed by atoms with Crippen molar-refractivity contribution >= 4 is 41.7 Å². The number of anilines is 1. The number of thiol groups is 1. The van der Waals surface area contributed by atoms with E-state index in [0.717, 1.165) is 4.90 Å². The largest absolute Gasteiger partial charge is 0.351 e. The topological polar surface area (TPSA) is 75.2 Å². The number of nitrogens with one attached hydrogen (secondary N) is 1. The van der Waals surface area contributed by atoms with Crippen molar-refractivity contribution in [1.82, 2.24) is 15.3 Å². The first kappa shape index (κ1) is 23.3. The fraction of sp³-hybridized carbons (Fsp3) is 0.400. The number of alkyl halides is 4. The third-order valence-corrected chi connectivity index (χ3v) is 5.75. The molecule has 3 rings (SSSR count). The molecule has 1 aliphatic rings. The Labute approximate surface area is 187 Å². The van der Waals surface area contributed by atoms with Gasteiger partial charge in [-0.3, -0.25) is 14.5 Å². The van der Waals surface area contributed by atoms with E-state index in [2.05, 4.69) is 27.9 Å². The zero-order valence-electron chi connectivity index (χ0n) is 16.4. The summed E-state index contributed by atoms with van der Waals surface area (Å²) in [5, 5.41) is 2.58. The molecular formula is C20H20ClF3N4O2S. The number of carbonyl (C=O) groups is 2. The van der Waals surface area contributed by atoms with Gasteiger partial charge < -0.3 is 5.32 Å². The summed E-state index contributed by atoms with van der Waals surface area (Å²) in [5.74, 6) is -4.88. The van der Waals surface area contributed by atoms with E-state index < -0.39 is 41.4 Å². The van der Waals surface area contributed by atoms with Gasteiger partial charge >= 0.3 is 0 Å². The first-order valence-corrected chi connectivity index (χ1v) is 10.3. The second-order valence-electron chi connectivity index (χ2n) is 7.46. The van der Waals surface area contributed by atoms with Crippen LogP contribution in [-0.4, -0.2) is 39.4 Å². The summed E-state index contributed by atoms with van der Waals surface area (Å²) in [6.45, 7) is 1.36. The SMILES string of the molecule is C[C@@](C(=O)N[C@@H]1CCC(F)(F)C1)(c1cncnc1)N(C(=O)[C@H](F)Cl)c1ccc(S)cc1. The highest BCUT2D eigenvalue weighted by Gasteiger charge is 2.49. The minimum absolute atomic E-state index is 0.0731. The Morgan fingerprint density at radius 3 is 2.42 bits per heavy atom. The molecule has 0 radical (unpaired) electrons. The summed E-state index contributed by atoms with van der Waals surface area (Å²) in [6.07, 6.45) is 3.01. The molecule has 0 bridgehead atoms. The van der Waals surface area contributed by atoms with Crippen LogP contribution in [0.3, 0.4) is 0 Å². The molecule has 2 aromatic rings. The number of nitrogens with zero attached hydrogens (tertiary/aromatic N) is 3. The Balaban J connectivity index is 2.09. The third kappa shape index (κ3) is 4.95. The highest BCUT2D eigenvalue weighted by atomic mass is 35.5. The van der Waals surface area contributed by atoms with E-state index >= 15 is 0 Å². The second-order valence-corrected chi connectivity index (χ2v) is 8.36. The Hall–Kier alpha value is -2.33.